The van der Waals surface area contributed by atoms with Crippen molar-refractivity contribution >= 4 is 22.9 Å². The van der Waals surface area contributed by atoms with Gasteiger partial charge >= 0.3 is 0 Å². The maximum Gasteiger partial charge on any atom is 0.266 e. The van der Waals surface area contributed by atoms with Crippen LogP contribution in [0.15, 0.2) is 47.8 Å². The number of hydrogen-bond donors (Lipinski definition) is 1. The van der Waals surface area contributed by atoms with Crippen LogP contribution < -0.4 is 19.5 Å². The summed E-state index contributed by atoms with van der Waals surface area (Å²) in [6.07, 6.45) is 0. The van der Waals surface area contributed by atoms with Gasteiger partial charge < -0.3 is 19.5 Å². The molecule has 0 spiro atoms. The Morgan fingerprint density at radius 1 is 0.889 bits per heavy atom. The van der Waals surface area contributed by atoms with Gasteiger partial charge in [0.05, 0.1) is 31.9 Å². The van der Waals surface area contributed by atoms with Crippen LogP contribution in [0.5, 0.6) is 17.2 Å². The van der Waals surface area contributed by atoms with E-state index in [0.29, 0.717) is 27.8 Å². The van der Waals surface area contributed by atoms with Gasteiger partial charge in [-0.2, -0.15) is 0 Å². The van der Waals surface area contributed by atoms with Gasteiger partial charge in [0.25, 0.3) is 5.91 Å². The number of ether oxygens (including phenoxy) is 3. The number of amides is 1. The first kappa shape index (κ1) is 18.8. The molecule has 5 nitrogen and oxygen atoms in total. The number of anilines is 1. The van der Waals surface area contributed by atoms with E-state index in [1.54, 1.807) is 19.2 Å². The number of carbonyl (C=O) groups is 1. The number of carbonyl (C=O) groups excluding carboxylic acids is 1. The first-order valence-corrected chi connectivity index (χ1v) is 9.21. The van der Waals surface area contributed by atoms with Crippen LogP contribution in [0, 0.1) is 6.92 Å². The molecular formula is C21H21NO4S. The molecule has 3 rings (SSSR count). The molecule has 1 heterocycles. The average Bonchev–Trinajstić information content (AvgIpc) is 3.18. The molecule has 0 aliphatic heterocycles. The van der Waals surface area contributed by atoms with Crippen molar-refractivity contribution < 1.29 is 19.0 Å². The molecular weight excluding hydrogens is 362 g/mol. The van der Waals surface area contributed by atoms with Gasteiger partial charge in [-0.3, -0.25) is 4.79 Å². The van der Waals surface area contributed by atoms with Gasteiger partial charge in [0.1, 0.15) is 0 Å². The van der Waals surface area contributed by atoms with Crippen molar-refractivity contribution in [2.75, 3.05) is 26.6 Å². The Hall–Kier alpha value is -2.99. The highest BCUT2D eigenvalue weighted by molar-refractivity contribution is 7.12. The zero-order chi connectivity index (χ0) is 19.4. The molecule has 1 N–H and O–H groups in total. The van der Waals surface area contributed by atoms with E-state index >= 15 is 0 Å². The molecule has 0 radical (unpaired) electrons. The summed E-state index contributed by atoms with van der Waals surface area (Å²) in [6.45, 7) is 2.04. The lowest BCUT2D eigenvalue weighted by Gasteiger charge is -2.16. The van der Waals surface area contributed by atoms with E-state index in [4.69, 9.17) is 14.2 Å². The molecule has 0 aliphatic carbocycles. The first-order valence-electron chi connectivity index (χ1n) is 8.34. The summed E-state index contributed by atoms with van der Waals surface area (Å²) in [7, 11) is 4.60. The fraction of sp³-hybridized carbons (Fsp3) is 0.190. The van der Waals surface area contributed by atoms with Crippen molar-refractivity contribution in [2.45, 2.75) is 6.92 Å². The number of aryl methyl sites for hydroxylation is 1. The molecule has 6 heteroatoms. The minimum atomic E-state index is -0.203. The summed E-state index contributed by atoms with van der Waals surface area (Å²) < 4.78 is 16.1. The first-order chi connectivity index (χ1) is 13.1. The molecule has 0 saturated carbocycles. The normalized spacial score (nSPS) is 10.4. The predicted octanol–water partition coefficient (Wildman–Crippen LogP) is 5.00. The second kappa shape index (κ2) is 8.14. The van der Waals surface area contributed by atoms with E-state index in [1.807, 2.05) is 42.6 Å². The lowest BCUT2D eigenvalue weighted by Crippen LogP contribution is -2.12. The summed E-state index contributed by atoms with van der Waals surface area (Å²) in [5.41, 5.74) is 3.60. The van der Waals surface area contributed by atoms with Gasteiger partial charge in [-0.1, -0.05) is 29.8 Å². The number of nitrogens with one attached hydrogen (secondary N) is 1. The predicted molar refractivity (Wildman–Crippen MR) is 109 cm³/mol. The third-order valence-electron chi connectivity index (χ3n) is 4.19. The van der Waals surface area contributed by atoms with Gasteiger partial charge in [-0.15, -0.1) is 11.3 Å². The van der Waals surface area contributed by atoms with Crippen LogP contribution in [0.2, 0.25) is 0 Å². The monoisotopic (exact) mass is 383 g/mol. The summed E-state index contributed by atoms with van der Waals surface area (Å²) in [4.78, 5) is 13.6. The summed E-state index contributed by atoms with van der Waals surface area (Å²) in [5.74, 6) is 1.18. The van der Waals surface area contributed by atoms with Gasteiger partial charge in [0.2, 0.25) is 5.75 Å². The summed E-state index contributed by atoms with van der Waals surface area (Å²) in [5, 5.41) is 4.83. The van der Waals surface area contributed by atoms with Crippen molar-refractivity contribution in [1.29, 1.82) is 0 Å². The van der Waals surface area contributed by atoms with Crippen molar-refractivity contribution in [3.63, 3.8) is 0 Å². The highest BCUT2D eigenvalue weighted by atomic mass is 32.1. The highest BCUT2D eigenvalue weighted by Crippen LogP contribution is 2.43. The van der Waals surface area contributed by atoms with Crippen LogP contribution in [-0.4, -0.2) is 27.2 Å². The maximum atomic E-state index is 12.9. The van der Waals surface area contributed by atoms with Crippen LogP contribution in [0.1, 0.15) is 15.2 Å². The molecule has 0 bridgehead atoms. The Bertz CT molecular complexity index is 947. The quantitative estimate of drug-likeness (QED) is 0.651. The zero-order valence-corrected chi connectivity index (χ0v) is 16.5. The van der Waals surface area contributed by atoms with Crippen molar-refractivity contribution in [2.24, 2.45) is 0 Å². The molecule has 0 aliphatic rings. The van der Waals surface area contributed by atoms with E-state index in [2.05, 4.69) is 5.32 Å². The lowest BCUT2D eigenvalue weighted by molar-refractivity contribution is 0.103. The maximum absolute atomic E-state index is 12.9. The Morgan fingerprint density at radius 2 is 1.59 bits per heavy atom. The van der Waals surface area contributed by atoms with Gasteiger partial charge in [0.15, 0.2) is 11.5 Å². The van der Waals surface area contributed by atoms with E-state index in [-0.39, 0.29) is 5.91 Å². The van der Waals surface area contributed by atoms with Crippen LogP contribution in [0.4, 0.5) is 5.69 Å². The van der Waals surface area contributed by atoms with E-state index in [0.717, 1.165) is 11.1 Å². The Morgan fingerprint density at radius 3 is 2.22 bits per heavy atom. The van der Waals surface area contributed by atoms with Gasteiger partial charge in [0, 0.05) is 5.56 Å². The van der Waals surface area contributed by atoms with E-state index in [1.165, 1.54) is 31.1 Å². The summed E-state index contributed by atoms with van der Waals surface area (Å²) in [6, 6.07) is 13.5. The van der Waals surface area contributed by atoms with Crippen molar-refractivity contribution in [3.8, 4) is 28.4 Å². The largest absolute Gasteiger partial charge is 0.493 e. The molecule has 0 atom stereocenters. The third-order valence-corrected chi connectivity index (χ3v) is 5.10. The second-order valence-corrected chi connectivity index (χ2v) is 6.78. The summed E-state index contributed by atoms with van der Waals surface area (Å²) >= 11 is 1.40. The molecule has 2 aromatic carbocycles. The molecule has 27 heavy (non-hydrogen) atoms. The number of methoxy groups -OCH3 is 3. The van der Waals surface area contributed by atoms with Crippen LogP contribution in [0.25, 0.3) is 11.1 Å². The average molecular weight is 383 g/mol. The number of hydrogen-bond acceptors (Lipinski definition) is 5. The van der Waals surface area contributed by atoms with Crippen LogP contribution in [-0.2, 0) is 0 Å². The SMILES string of the molecule is COc1ccc(NC(=O)c2sccc2-c2ccc(C)cc2)c(OC)c1OC. The molecule has 0 fully saturated rings. The lowest BCUT2D eigenvalue weighted by atomic mass is 10.0. The van der Waals surface area contributed by atoms with E-state index in [9.17, 15) is 4.79 Å². The Labute approximate surface area is 162 Å². The third kappa shape index (κ3) is 3.75. The molecule has 1 aromatic heterocycles. The standard InChI is InChI=1S/C21H21NO4S/c1-13-5-7-14(8-6-13)15-11-12-27-20(15)21(23)22-16-9-10-17(24-2)19(26-4)18(16)25-3/h5-12H,1-4H3,(H,22,23). The fourth-order valence-electron chi connectivity index (χ4n) is 2.82. The number of benzene rings is 2. The Balaban J connectivity index is 1.93. The van der Waals surface area contributed by atoms with E-state index < -0.39 is 0 Å². The van der Waals surface area contributed by atoms with Crippen LogP contribution in [0.3, 0.4) is 0 Å². The number of thiophene rings is 1. The van der Waals surface area contributed by atoms with Crippen molar-refractivity contribution in [1.82, 2.24) is 0 Å². The second-order valence-electron chi connectivity index (χ2n) is 5.87. The smallest absolute Gasteiger partial charge is 0.266 e. The molecule has 140 valence electrons. The topological polar surface area (TPSA) is 56.8 Å². The highest BCUT2D eigenvalue weighted by Gasteiger charge is 2.20. The van der Waals surface area contributed by atoms with Crippen LogP contribution >= 0.6 is 11.3 Å². The molecule has 0 unspecified atom stereocenters. The fourth-order valence-corrected chi connectivity index (χ4v) is 3.64. The van der Waals surface area contributed by atoms with Crippen molar-refractivity contribution in [3.05, 3.63) is 58.3 Å². The van der Waals surface area contributed by atoms with Gasteiger partial charge in [-0.05, 0) is 36.1 Å². The minimum Gasteiger partial charge on any atom is -0.493 e. The molecule has 3 aromatic rings. The molecule has 1 amide bonds. The zero-order valence-electron chi connectivity index (χ0n) is 15.7. The Kier molecular flexibility index (Phi) is 5.66. The number of rotatable bonds is 6. The molecule has 0 saturated heterocycles. The minimum absolute atomic E-state index is 0.203. The van der Waals surface area contributed by atoms with Gasteiger partial charge in [-0.25, -0.2) is 0 Å².